The first-order valence-corrected chi connectivity index (χ1v) is 9.05. The van der Waals surface area contributed by atoms with Crippen molar-refractivity contribution in [2.45, 2.75) is 50.8 Å². The van der Waals surface area contributed by atoms with Gasteiger partial charge in [-0.05, 0) is 31.7 Å². The zero-order chi connectivity index (χ0) is 18.8. The summed E-state index contributed by atoms with van der Waals surface area (Å²) >= 11 is 0. The summed E-state index contributed by atoms with van der Waals surface area (Å²) in [5.74, 6) is -0.870. The van der Waals surface area contributed by atoms with E-state index >= 15 is 0 Å². The number of benzene rings is 1. The highest BCUT2D eigenvalue weighted by Gasteiger charge is 2.19. The lowest BCUT2D eigenvalue weighted by Gasteiger charge is -2.21. The van der Waals surface area contributed by atoms with Crippen LogP contribution in [0, 0.1) is 0 Å². The van der Waals surface area contributed by atoms with Gasteiger partial charge in [0.2, 0.25) is 0 Å². The smallest absolute Gasteiger partial charge is 0.315 e. The molecule has 7 nitrogen and oxygen atoms in total. The number of carbonyl (C=O) groups excluding carboxylic acids is 1. The molecule has 0 radical (unpaired) electrons. The summed E-state index contributed by atoms with van der Waals surface area (Å²) in [6.45, 7) is 3.61. The topological polar surface area (TPSA) is 96.9 Å². The van der Waals surface area contributed by atoms with Gasteiger partial charge in [0, 0.05) is 19.1 Å². The number of nitrogens with one attached hydrogen (secondary N) is 2. The van der Waals surface area contributed by atoms with E-state index in [1.807, 2.05) is 37.3 Å². The van der Waals surface area contributed by atoms with Crippen LogP contribution in [0.1, 0.15) is 31.7 Å². The Labute approximate surface area is 154 Å². The first-order chi connectivity index (χ1) is 12.5. The van der Waals surface area contributed by atoms with Crippen molar-refractivity contribution in [1.29, 1.82) is 0 Å². The first-order valence-electron chi connectivity index (χ1n) is 9.05. The Morgan fingerprint density at radius 1 is 1.31 bits per heavy atom. The fourth-order valence-electron chi connectivity index (χ4n) is 2.84. The maximum Gasteiger partial charge on any atom is 0.315 e. The summed E-state index contributed by atoms with van der Waals surface area (Å²) in [5, 5.41) is 14.7. The van der Waals surface area contributed by atoms with Crippen molar-refractivity contribution >= 4 is 12.0 Å². The van der Waals surface area contributed by atoms with Crippen molar-refractivity contribution in [3.05, 3.63) is 35.9 Å². The summed E-state index contributed by atoms with van der Waals surface area (Å²) in [6, 6.07) is 9.01. The molecule has 0 aliphatic carbocycles. The average Bonchev–Trinajstić information content (AvgIpc) is 3.12. The molecule has 3 unspecified atom stereocenters. The monoisotopic (exact) mass is 364 g/mol. The van der Waals surface area contributed by atoms with Gasteiger partial charge in [-0.25, -0.2) is 4.79 Å². The van der Waals surface area contributed by atoms with Gasteiger partial charge in [0.15, 0.2) is 0 Å². The zero-order valence-electron chi connectivity index (χ0n) is 15.1. The largest absolute Gasteiger partial charge is 0.481 e. The van der Waals surface area contributed by atoms with Gasteiger partial charge in [-0.3, -0.25) is 4.79 Å². The molecular weight excluding hydrogens is 336 g/mol. The first kappa shape index (κ1) is 20.2. The lowest BCUT2D eigenvalue weighted by atomic mass is 10.0. The van der Waals surface area contributed by atoms with Crippen LogP contribution in [-0.4, -0.2) is 55.1 Å². The van der Waals surface area contributed by atoms with E-state index in [-0.39, 0.29) is 30.6 Å². The minimum Gasteiger partial charge on any atom is -0.481 e. The van der Waals surface area contributed by atoms with Gasteiger partial charge in [0.25, 0.3) is 0 Å². The summed E-state index contributed by atoms with van der Waals surface area (Å²) in [5.41, 5.74) is 1.06. The van der Waals surface area contributed by atoms with Gasteiger partial charge >= 0.3 is 12.0 Å². The molecule has 3 N–H and O–H groups in total. The quantitative estimate of drug-likeness (QED) is 0.590. The minimum absolute atomic E-state index is 0.0120. The number of hydrogen-bond donors (Lipinski definition) is 3. The molecule has 0 bridgehead atoms. The Balaban J connectivity index is 1.78. The SMILES string of the molecule is CC(COC1CCOC1)NC(=O)NC(CCC(=O)O)Cc1ccccc1. The molecule has 2 rings (SSSR count). The van der Waals surface area contributed by atoms with Gasteiger partial charge in [0.05, 0.1) is 25.4 Å². The van der Waals surface area contributed by atoms with Crippen molar-refractivity contribution in [1.82, 2.24) is 10.6 Å². The lowest BCUT2D eigenvalue weighted by molar-refractivity contribution is -0.137. The molecular formula is C19H28N2O5. The van der Waals surface area contributed by atoms with Crippen LogP contribution < -0.4 is 10.6 Å². The van der Waals surface area contributed by atoms with Crippen molar-refractivity contribution in [3.8, 4) is 0 Å². The van der Waals surface area contributed by atoms with E-state index in [0.29, 0.717) is 26.1 Å². The second-order valence-corrected chi connectivity index (χ2v) is 6.66. The fraction of sp³-hybridized carbons (Fsp3) is 0.579. The Hall–Kier alpha value is -2.12. The van der Waals surface area contributed by atoms with Crippen molar-refractivity contribution in [3.63, 3.8) is 0 Å². The number of carbonyl (C=O) groups is 2. The molecule has 0 aromatic heterocycles. The van der Waals surface area contributed by atoms with Crippen LogP contribution >= 0.6 is 0 Å². The molecule has 3 atom stereocenters. The number of hydrogen-bond acceptors (Lipinski definition) is 4. The molecule has 1 aromatic carbocycles. The van der Waals surface area contributed by atoms with E-state index < -0.39 is 5.97 Å². The Morgan fingerprint density at radius 3 is 2.73 bits per heavy atom. The summed E-state index contributed by atoms with van der Waals surface area (Å²) in [7, 11) is 0. The predicted molar refractivity (Wildman–Crippen MR) is 97.1 cm³/mol. The molecule has 1 aliphatic rings. The predicted octanol–water partition coefficient (Wildman–Crippen LogP) is 1.96. The van der Waals surface area contributed by atoms with Gasteiger partial charge in [-0.15, -0.1) is 0 Å². The second kappa shape index (κ2) is 10.8. The second-order valence-electron chi connectivity index (χ2n) is 6.66. The highest BCUT2D eigenvalue weighted by Crippen LogP contribution is 2.09. The summed E-state index contributed by atoms with van der Waals surface area (Å²) in [4.78, 5) is 23.1. The molecule has 1 aliphatic heterocycles. The number of ether oxygens (including phenoxy) is 2. The van der Waals surface area contributed by atoms with Gasteiger partial charge in [0.1, 0.15) is 0 Å². The summed E-state index contributed by atoms with van der Waals surface area (Å²) in [6.07, 6.45) is 1.96. The van der Waals surface area contributed by atoms with Crippen molar-refractivity contribution in [2.75, 3.05) is 19.8 Å². The molecule has 2 amide bonds. The maximum absolute atomic E-state index is 12.2. The molecule has 1 aromatic rings. The Bertz CT molecular complexity index is 560. The Morgan fingerprint density at radius 2 is 2.08 bits per heavy atom. The van der Waals surface area contributed by atoms with Gasteiger partial charge < -0.3 is 25.2 Å². The van der Waals surface area contributed by atoms with Crippen molar-refractivity contribution in [2.24, 2.45) is 0 Å². The van der Waals surface area contributed by atoms with Crippen LogP contribution in [0.3, 0.4) is 0 Å². The van der Waals surface area contributed by atoms with Crippen LogP contribution in [0.25, 0.3) is 0 Å². The number of carboxylic acids is 1. The number of rotatable bonds is 10. The van der Waals surface area contributed by atoms with Crippen LogP contribution in [-0.2, 0) is 20.7 Å². The van der Waals surface area contributed by atoms with E-state index in [4.69, 9.17) is 14.6 Å². The van der Waals surface area contributed by atoms with E-state index in [1.54, 1.807) is 0 Å². The number of amides is 2. The molecule has 0 spiro atoms. The third kappa shape index (κ3) is 7.84. The zero-order valence-corrected chi connectivity index (χ0v) is 15.1. The van der Waals surface area contributed by atoms with Gasteiger partial charge in [-0.2, -0.15) is 0 Å². The van der Waals surface area contributed by atoms with Crippen LogP contribution in [0.15, 0.2) is 30.3 Å². The van der Waals surface area contributed by atoms with Crippen molar-refractivity contribution < 1.29 is 24.2 Å². The van der Waals surface area contributed by atoms with E-state index in [1.165, 1.54) is 0 Å². The average molecular weight is 364 g/mol. The number of urea groups is 1. The third-order valence-electron chi connectivity index (χ3n) is 4.21. The van der Waals surface area contributed by atoms with E-state index in [9.17, 15) is 9.59 Å². The lowest BCUT2D eigenvalue weighted by Crippen LogP contribution is -2.47. The van der Waals surface area contributed by atoms with Crippen LogP contribution in [0.2, 0.25) is 0 Å². The Kier molecular flexibility index (Phi) is 8.37. The normalized spacial score (nSPS) is 18.9. The van der Waals surface area contributed by atoms with Gasteiger partial charge in [-0.1, -0.05) is 30.3 Å². The molecule has 26 heavy (non-hydrogen) atoms. The van der Waals surface area contributed by atoms with E-state index in [2.05, 4.69) is 10.6 Å². The summed E-state index contributed by atoms with van der Waals surface area (Å²) < 4.78 is 11.0. The molecule has 0 saturated carbocycles. The van der Waals surface area contributed by atoms with Crippen LogP contribution in [0.4, 0.5) is 4.79 Å². The molecule has 1 fully saturated rings. The van der Waals surface area contributed by atoms with E-state index in [0.717, 1.165) is 18.6 Å². The standard InChI is InChI=1S/C19H28N2O5/c1-14(12-26-17-9-10-25-13-17)20-19(24)21-16(7-8-18(22)23)11-15-5-3-2-4-6-15/h2-6,14,16-17H,7-13H2,1H3,(H,22,23)(H2,20,21,24). The highest BCUT2D eigenvalue weighted by molar-refractivity contribution is 5.74. The van der Waals surface area contributed by atoms with Crippen LogP contribution in [0.5, 0.6) is 0 Å². The third-order valence-corrected chi connectivity index (χ3v) is 4.21. The molecule has 144 valence electrons. The molecule has 1 saturated heterocycles. The fourth-order valence-corrected chi connectivity index (χ4v) is 2.84. The maximum atomic E-state index is 12.2. The minimum atomic E-state index is -0.870. The molecule has 1 heterocycles. The number of aliphatic carboxylic acids is 1. The highest BCUT2D eigenvalue weighted by atomic mass is 16.5. The number of carboxylic acid groups (broad SMARTS) is 1. The molecule has 7 heteroatoms.